The minimum atomic E-state index is -0.270. The molecule has 0 aliphatic rings. The summed E-state index contributed by atoms with van der Waals surface area (Å²) in [4.78, 5) is 0. The fourth-order valence-corrected chi connectivity index (χ4v) is 1.69. The highest BCUT2D eigenvalue weighted by Gasteiger charge is 2.03. The van der Waals surface area contributed by atoms with Crippen LogP contribution in [-0.2, 0) is 6.54 Å². The van der Waals surface area contributed by atoms with E-state index in [-0.39, 0.29) is 5.82 Å². The SMILES string of the molecule is CCOc1ccc(CNNc2ccccc2)c(F)c1. The zero-order valence-electron chi connectivity index (χ0n) is 10.8. The molecular weight excluding hydrogens is 243 g/mol. The van der Waals surface area contributed by atoms with Gasteiger partial charge in [0.05, 0.1) is 6.61 Å². The molecule has 0 spiro atoms. The molecule has 0 heterocycles. The molecule has 2 rings (SSSR count). The summed E-state index contributed by atoms with van der Waals surface area (Å²) in [6.45, 7) is 2.80. The summed E-state index contributed by atoms with van der Waals surface area (Å²) < 4.78 is 19.0. The lowest BCUT2D eigenvalue weighted by Crippen LogP contribution is -2.21. The predicted octanol–water partition coefficient (Wildman–Crippen LogP) is 3.34. The number of halogens is 1. The van der Waals surface area contributed by atoms with Gasteiger partial charge in [-0.05, 0) is 25.1 Å². The first-order valence-electron chi connectivity index (χ1n) is 6.24. The standard InChI is InChI=1S/C15H17FN2O/c1-2-19-14-9-8-12(15(16)10-14)11-17-18-13-6-4-3-5-7-13/h3-10,17-18H,2,11H2,1H3. The van der Waals surface area contributed by atoms with Crippen LogP contribution >= 0.6 is 0 Å². The molecule has 4 heteroatoms. The number of benzene rings is 2. The lowest BCUT2D eigenvalue weighted by molar-refractivity contribution is 0.338. The molecule has 0 unspecified atom stereocenters. The maximum Gasteiger partial charge on any atom is 0.131 e. The normalized spacial score (nSPS) is 10.2. The fraction of sp³-hybridized carbons (Fsp3) is 0.200. The highest BCUT2D eigenvalue weighted by molar-refractivity contribution is 5.41. The molecular formula is C15H17FN2O. The number of nitrogens with one attached hydrogen (secondary N) is 2. The van der Waals surface area contributed by atoms with Crippen molar-refractivity contribution in [2.45, 2.75) is 13.5 Å². The van der Waals surface area contributed by atoms with E-state index in [0.717, 1.165) is 5.69 Å². The molecule has 0 aliphatic heterocycles. The van der Waals surface area contributed by atoms with E-state index < -0.39 is 0 Å². The molecule has 0 aromatic heterocycles. The third kappa shape index (κ3) is 3.96. The van der Waals surface area contributed by atoms with Crippen molar-refractivity contribution in [1.82, 2.24) is 5.43 Å². The number of rotatable bonds is 6. The van der Waals surface area contributed by atoms with Crippen molar-refractivity contribution < 1.29 is 9.13 Å². The Hall–Kier alpha value is -2.07. The number of anilines is 1. The van der Waals surface area contributed by atoms with E-state index in [1.54, 1.807) is 12.1 Å². The molecule has 0 fully saturated rings. The average Bonchev–Trinajstić information content (AvgIpc) is 2.43. The van der Waals surface area contributed by atoms with Crippen molar-refractivity contribution in [3.05, 3.63) is 59.9 Å². The van der Waals surface area contributed by atoms with Crippen LogP contribution in [0.3, 0.4) is 0 Å². The van der Waals surface area contributed by atoms with Crippen LogP contribution in [0.1, 0.15) is 12.5 Å². The monoisotopic (exact) mass is 260 g/mol. The van der Waals surface area contributed by atoms with Gasteiger partial charge in [0, 0.05) is 23.9 Å². The summed E-state index contributed by atoms with van der Waals surface area (Å²) >= 11 is 0. The summed E-state index contributed by atoms with van der Waals surface area (Å²) in [6.07, 6.45) is 0. The first-order chi connectivity index (χ1) is 9.29. The summed E-state index contributed by atoms with van der Waals surface area (Å²) in [7, 11) is 0. The predicted molar refractivity (Wildman–Crippen MR) is 74.5 cm³/mol. The Labute approximate surface area is 112 Å². The van der Waals surface area contributed by atoms with Crippen LogP contribution in [0.2, 0.25) is 0 Å². The van der Waals surface area contributed by atoms with Crippen LogP contribution in [-0.4, -0.2) is 6.61 Å². The van der Waals surface area contributed by atoms with Gasteiger partial charge < -0.3 is 10.2 Å². The summed E-state index contributed by atoms with van der Waals surface area (Å²) in [5, 5.41) is 0. The Morgan fingerprint density at radius 3 is 2.58 bits per heavy atom. The van der Waals surface area contributed by atoms with E-state index in [0.29, 0.717) is 24.5 Å². The zero-order valence-corrected chi connectivity index (χ0v) is 10.8. The zero-order chi connectivity index (χ0) is 13.5. The second-order valence-corrected chi connectivity index (χ2v) is 4.03. The topological polar surface area (TPSA) is 33.3 Å². The Bertz CT molecular complexity index is 517. The second kappa shape index (κ2) is 6.75. The van der Waals surface area contributed by atoms with Crippen LogP contribution in [0, 0.1) is 5.82 Å². The summed E-state index contributed by atoms with van der Waals surface area (Å²) in [6, 6.07) is 14.6. The van der Waals surface area contributed by atoms with Crippen LogP contribution < -0.4 is 15.6 Å². The van der Waals surface area contributed by atoms with E-state index in [9.17, 15) is 4.39 Å². The minimum Gasteiger partial charge on any atom is -0.494 e. The number of hydrogen-bond acceptors (Lipinski definition) is 3. The Morgan fingerprint density at radius 1 is 1.11 bits per heavy atom. The minimum absolute atomic E-state index is 0.270. The molecule has 2 aromatic rings. The molecule has 3 nitrogen and oxygen atoms in total. The second-order valence-electron chi connectivity index (χ2n) is 4.03. The van der Waals surface area contributed by atoms with Gasteiger partial charge in [0.15, 0.2) is 0 Å². The lowest BCUT2D eigenvalue weighted by atomic mass is 10.2. The van der Waals surface area contributed by atoms with E-state index >= 15 is 0 Å². The summed E-state index contributed by atoms with van der Waals surface area (Å²) in [5.74, 6) is 0.285. The van der Waals surface area contributed by atoms with Gasteiger partial charge in [-0.15, -0.1) is 0 Å². The van der Waals surface area contributed by atoms with Gasteiger partial charge in [-0.2, -0.15) is 0 Å². The van der Waals surface area contributed by atoms with Gasteiger partial charge in [-0.25, -0.2) is 9.82 Å². The van der Waals surface area contributed by atoms with E-state index in [4.69, 9.17) is 4.74 Å². The van der Waals surface area contributed by atoms with Crippen molar-refractivity contribution >= 4 is 5.69 Å². The molecule has 2 N–H and O–H groups in total. The van der Waals surface area contributed by atoms with Crippen LogP contribution in [0.4, 0.5) is 10.1 Å². The molecule has 2 aromatic carbocycles. The molecule has 19 heavy (non-hydrogen) atoms. The first kappa shape index (κ1) is 13.4. The van der Waals surface area contributed by atoms with Crippen molar-refractivity contribution in [2.24, 2.45) is 0 Å². The molecule has 100 valence electrons. The highest BCUT2D eigenvalue weighted by atomic mass is 19.1. The third-order valence-electron chi connectivity index (χ3n) is 2.62. The maximum absolute atomic E-state index is 13.8. The fourth-order valence-electron chi connectivity index (χ4n) is 1.69. The molecule has 0 radical (unpaired) electrons. The molecule has 0 bridgehead atoms. The summed E-state index contributed by atoms with van der Waals surface area (Å²) in [5.41, 5.74) is 7.52. The first-order valence-corrected chi connectivity index (χ1v) is 6.24. The lowest BCUT2D eigenvalue weighted by Gasteiger charge is -2.10. The molecule has 0 aliphatic carbocycles. The quantitative estimate of drug-likeness (QED) is 0.781. The average molecular weight is 260 g/mol. The van der Waals surface area contributed by atoms with Crippen LogP contribution in [0.15, 0.2) is 48.5 Å². The van der Waals surface area contributed by atoms with Crippen LogP contribution in [0.5, 0.6) is 5.75 Å². The van der Waals surface area contributed by atoms with Crippen molar-refractivity contribution in [1.29, 1.82) is 0 Å². The molecule has 0 atom stereocenters. The smallest absolute Gasteiger partial charge is 0.131 e. The Morgan fingerprint density at radius 2 is 1.89 bits per heavy atom. The van der Waals surface area contributed by atoms with Crippen molar-refractivity contribution in [3.63, 3.8) is 0 Å². The van der Waals surface area contributed by atoms with Gasteiger partial charge in [-0.3, -0.25) is 0 Å². The number of hydrogen-bond donors (Lipinski definition) is 2. The Kier molecular flexibility index (Phi) is 4.75. The van der Waals surface area contributed by atoms with Crippen LogP contribution in [0.25, 0.3) is 0 Å². The molecule has 0 saturated heterocycles. The highest BCUT2D eigenvalue weighted by Crippen LogP contribution is 2.16. The molecule has 0 saturated carbocycles. The third-order valence-corrected chi connectivity index (χ3v) is 2.62. The maximum atomic E-state index is 13.8. The largest absolute Gasteiger partial charge is 0.494 e. The van der Waals surface area contributed by atoms with Crippen molar-refractivity contribution in [3.8, 4) is 5.75 Å². The molecule has 0 amide bonds. The van der Waals surface area contributed by atoms with E-state index in [1.807, 2.05) is 37.3 Å². The Balaban J connectivity index is 1.89. The van der Waals surface area contributed by atoms with Gasteiger partial charge >= 0.3 is 0 Å². The van der Waals surface area contributed by atoms with E-state index in [2.05, 4.69) is 10.9 Å². The van der Waals surface area contributed by atoms with Crippen molar-refractivity contribution in [2.75, 3.05) is 12.0 Å². The van der Waals surface area contributed by atoms with Gasteiger partial charge in [0.1, 0.15) is 11.6 Å². The number of hydrazine groups is 1. The number of ether oxygens (including phenoxy) is 1. The van der Waals surface area contributed by atoms with Gasteiger partial charge in [-0.1, -0.05) is 24.3 Å². The van der Waals surface area contributed by atoms with E-state index in [1.165, 1.54) is 6.07 Å². The number of para-hydroxylation sites is 1. The van der Waals surface area contributed by atoms with Gasteiger partial charge in [0.25, 0.3) is 0 Å². The van der Waals surface area contributed by atoms with Gasteiger partial charge in [0.2, 0.25) is 0 Å².